The van der Waals surface area contributed by atoms with Crippen LogP contribution in [0.4, 0.5) is 10.5 Å². The first-order valence-electron chi connectivity index (χ1n) is 8.26. The molecule has 6 heteroatoms. The number of anilines is 1. The molecule has 2 aromatic carbocycles. The molecular formula is C20H20ClNO4. The molecule has 1 aliphatic heterocycles. The van der Waals surface area contributed by atoms with E-state index in [1.807, 2.05) is 0 Å². The van der Waals surface area contributed by atoms with Crippen molar-refractivity contribution < 1.29 is 19.4 Å². The number of aliphatic hydroxyl groups is 1. The zero-order valence-corrected chi connectivity index (χ0v) is 15.6. The van der Waals surface area contributed by atoms with Crippen molar-refractivity contribution in [3.05, 3.63) is 64.7 Å². The van der Waals surface area contributed by atoms with Crippen LogP contribution >= 0.6 is 11.6 Å². The second kappa shape index (κ2) is 6.41. The minimum absolute atomic E-state index is 0.0271. The minimum atomic E-state index is -1.85. The fourth-order valence-corrected chi connectivity index (χ4v) is 3.11. The molecule has 136 valence electrons. The maximum Gasteiger partial charge on any atom is 0.421 e. The second-order valence-electron chi connectivity index (χ2n) is 7.30. The summed E-state index contributed by atoms with van der Waals surface area (Å²) in [5.74, 6) is -0.720. The Morgan fingerprint density at radius 2 is 1.77 bits per heavy atom. The van der Waals surface area contributed by atoms with Gasteiger partial charge in [0.25, 0.3) is 5.91 Å². The third-order valence-electron chi connectivity index (χ3n) is 4.10. The molecule has 1 atom stereocenters. The van der Waals surface area contributed by atoms with E-state index in [2.05, 4.69) is 0 Å². The number of carbonyl (C=O) groups is 2. The molecule has 2 amide bonds. The van der Waals surface area contributed by atoms with Gasteiger partial charge in [-0.25, -0.2) is 9.69 Å². The molecular weight excluding hydrogens is 354 g/mol. The second-order valence-corrected chi connectivity index (χ2v) is 7.74. The van der Waals surface area contributed by atoms with Crippen molar-refractivity contribution in [1.29, 1.82) is 0 Å². The molecule has 1 aliphatic rings. The first kappa shape index (κ1) is 18.4. The molecule has 0 fully saturated rings. The molecule has 0 unspecified atom stereocenters. The number of ether oxygens (including phenoxy) is 1. The Morgan fingerprint density at radius 1 is 1.15 bits per heavy atom. The van der Waals surface area contributed by atoms with E-state index < -0.39 is 23.2 Å². The van der Waals surface area contributed by atoms with Gasteiger partial charge in [-0.1, -0.05) is 41.9 Å². The Labute approximate surface area is 157 Å². The molecule has 0 saturated carbocycles. The smallest absolute Gasteiger partial charge is 0.421 e. The van der Waals surface area contributed by atoms with Gasteiger partial charge in [0.1, 0.15) is 5.60 Å². The van der Waals surface area contributed by atoms with E-state index >= 15 is 0 Å². The summed E-state index contributed by atoms with van der Waals surface area (Å²) in [6, 6.07) is 13.6. The number of carbonyl (C=O) groups excluding carboxylic acids is 2. The average molecular weight is 374 g/mol. The van der Waals surface area contributed by atoms with Crippen LogP contribution in [-0.4, -0.2) is 22.7 Å². The predicted molar refractivity (Wildman–Crippen MR) is 99.2 cm³/mol. The van der Waals surface area contributed by atoms with Crippen LogP contribution in [0.15, 0.2) is 48.5 Å². The number of para-hydroxylation sites is 1. The Hall–Kier alpha value is -2.37. The van der Waals surface area contributed by atoms with E-state index in [1.165, 1.54) is 0 Å². The van der Waals surface area contributed by atoms with Crippen LogP contribution in [-0.2, 0) is 21.6 Å². The average Bonchev–Trinajstić information content (AvgIpc) is 2.77. The molecule has 2 aromatic rings. The number of halogens is 1. The molecule has 0 saturated heterocycles. The number of amides is 2. The lowest BCUT2D eigenvalue weighted by Crippen LogP contribution is -2.46. The van der Waals surface area contributed by atoms with Crippen molar-refractivity contribution >= 4 is 29.3 Å². The van der Waals surface area contributed by atoms with Crippen molar-refractivity contribution in [3.8, 4) is 0 Å². The highest BCUT2D eigenvalue weighted by atomic mass is 35.5. The van der Waals surface area contributed by atoms with Crippen LogP contribution in [0.1, 0.15) is 31.9 Å². The topological polar surface area (TPSA) is 66.8 Å². The maximum absolute atomic E-state index is 13.0. The molecule has 0 aromatic heterocycles. The van der Waals surface area contributed by atoms with Crippen LogP contribution in [0.5, 0.6) is 0 Å². The maximum atomic E-state index is 13.0. The number of rotatable bonds is 2. The number of nitrogens with zero attached hydrogens (tertiary/aromatic N) is 1. The van der Waals surface area contributed by atoms with Crippen molar-refractivity contribution in [2.45, 2.75) is 38.4 Å². The molecule has 26 heavy (non-hydrogen) atoms. The fourth-order valence-electron chi connectivity index (χ4n) is 2.99. The standard InChI is InChI=1S/C20H20ClNO4/c1-19(2,3)26-18(24)22-16-7-5-4-6-15(16)20(25,17(22)23)12-13-8-10-14(21)11-9-13/h4-11,25H,12H2,1-3H3/t20-/m0/s1. The van der Waals surface area contributed by atoms with Crippen molar-refractivity contribution in [3.63, 3.8) is 0 Å². The summed E-state index contributed by atoms with van der Waals surface area (Å²) in [5.41, 5.74) is -1.16. The van der Waals surface area contributed by atoms with E-state index in [0.717, 1.165) is 10.5 Å². The van der Waals surface area contributed by atoms with Gasteiger partial charge in [0.15, 0.2) is 5.60 Å². The number of benzene rings is 2. The summed E-state index contributed by atoms with van der Waals surface area (Å²) in [4.78, 5) is 26.5. The van der Waals surface area contributed by atoms with Crippen molar-refractivity contribution in [2.75, 3.05) is 4.90 Å². The highest BCUT2D eigenvalue weighted by Crippen LogP contribution is 2.42. The Bertz CT molecular complexity index is 857. The molecule has 0 radical (unpaired) electrons. The van der Waals surface area contributed by atoms with Gasteiger partial charge in [-0.2, -0.15) is 0 Å². The van der Waals surface area contributed by atoms with Crippen LogP contribution in [0.2, 0.25) is 5.02 Å². The zero-order chi connectivity index (χ0) is 19.1. The molecule has 1 heterocycles. The van der Waals surface area contributed by atoms with E-state index in [1.54, 1.807) is 69.3 Å². The van der Waals surface area contributed by atoms with Gasteiger partial charge in [0, 0.05) is 17.0 Å². The SMILES string of the molecule is CC(C)(C)OC(=O)N1C(=O)[C@](O)(Cc2ccc(Cl)cc2)c2ccccc21. The monoisotopic (exact) mass is 373 g/mol. The molecule has 0 spiro atoms. The predicted octanol–water partition coefficient (Wildman–Crippen LogP) is 4.05. The molecule has 3 rings (SSSR count). The summed E-state index contributed by atoms with van der Waals surface area (Å²) < 4.78 is 5.35. The highest BCUT2D eigenvalue weighted by molar-refractivity contribution is 6.30. The molecule has 1 N–H and O–H groups in total. The number of fused-ring (bicyclic) bond motifs is 1. The Morgan fingerprint density at radius 3 is 2.38 bits per heavy atom. The minimum Gasteiger partial charge on any atom is -0.443 e. The lowest BCUT2D eigenvalue weighted by atomic mass is 9.88. The van der Waals surface area contributed by atoms with Crippen molar-refractivity contribution in [2.24, 2.45) is 0 Å². The van der Waals surface area contributed by atoms with Gasteiger partial charge in [-0.3, -0.25) is 4.79 Å². The Kier molecular flexibility index (Phi) is 4.54. The van der Waals surface area contributed by atoms with Gasteiger partial charge in [0.05, 0.1) is 5.69 Å². The molecule has 5 nitrogen and oxygen atoms in total. The third-order valence-corrected chi connectivity index (χ3v) is 4.35. The van der Waals surface area contributed by atoms with Gasteiger partial charge >= 0.3 is 6.09 Å². The van der Waals surface area contributed by atoms with E-state index in [9.17, 15) is 14.7 Å². The summed E-state index contributed by atoms with van der Waals surface area (Å²) in [6.07, 6.45) is -0.777. The summed E-state index contributed by atoms with van der Waals surface area (Å²) in [7, 11) is 0. The summed E-state index contributed by atoms with van der Waals surface area (Å²) in [6.45, 7) is 5.16. The van der Waals surface area contributed by atoms with Crippen LogP contribution in [0, 0.1) is 0 Å². The zero-order valence-electron chi connectivity index (χ0n) is 14.8. The van der Waals surface area contributed by atoms with Gasteiger partial charge in [-0.15, -0.1) is 0 Å². The molecule has 0 aliphatic carbocycles. The lowest BCUT2D eigenvalue weighted by Gasteiger charge is -2.25. The number of hydrogen-bond donors (Lipinski definition) is 1. The number of hydrogen-bond acceptors (Lipinski definition) is 4. The van der Waals surface area contributed by atoms with Gasteiger partial charge in [0.2, 0.25) is 0 Å². The van der Waals surface area contributed by atoms with E-state index in [4.69, 9.17) is 16.3 Å². The Balaban J connectivity index is 2.01. The van der Waals surface area contributed by atoms with Crippen LogP contribution in [0.3, 0.4) is 0 Å². The lowest BCUT2D eigenvalue weighted by molar-refractivity contribution is -0.135. The largest absolute Gasteiger partial charge is 0.443 e. The van der Waals surface area contributed by atoms with Crippen LogP contribution in [0.25, 0.3) is 0 Å². The summed E-state index contributed by atoms with van der Waals surface area (Å²) in [5, 5.41) is 11.8. The van der Waals surface area contributed by atoms with Crippen LogP contribution < -0.4 is 4.90 Å². The molecule has 0 bridgehead atoms. The third kappa shape index (κ3) is 3.32. The van der Waals surface area contributed by atoms with Gasteiger partial charge in [-0.05, 0) is 44.5 Å². The summed E-state index contributed by atoms with van der Waals surface area (Å²) >= 11 is 5.90. The highest BCUT2D eigenvalue weighted by Gasteiger charge is 2.52. The quantitative estimate of drug-likeness (QED) is 0.862. The van der Waals surface area contributed by atoms with Gasteiger partial charge < -0.3 is 9.84 Å². The van der Waals surface area contributed by atoms with E-state index in [0.29, 0.717) is 16.3 Å². The van der Waals surface area contributed by atoms with E-state index in [-0.39, 0.29) is 6.42 Å². The first-order chi connectivity index (χ1) is 12.1. The number of imide groups is 1. The normalized spacial score (nSPS) is 19.4. The fraction of sp³-hybridized carbons (Fsp3) is 0.300. The van der Waals surface area contributed by atoms with Crippen molar-refractivity contribution in [1.82, 2.24) is 0 Å². The first-order valence-corrected chi connectivity index (χ1v) is 8.63.